The predicted molar refractivity (Wildman–Crippen MR) is 104 cm³/mol. The van der Waals surface area contributed by atoms with Crippen LogP contribution in [0.15, 0.2) is 53.3 Å². The van der Waals surface area contributed by atoms with Crippen LogP contribution in [0.5, 0.6) is 0 Å². The van der Waals surface area contributed by atoms with Gasteiger partial charge in [0.2, 0.25) is 0 Å². The Morgan fingerprint density at radius 2 is 1.89 bits per heavy atom. The number of fused-ring (bicyclic) bond motifs is 1. The summed E-state index contributed by atoms with van der Waals surface area (Å²) in [5.41, 5.74) is 3.26. The number of amides is 1. The number of hydrogen-bond donors (Lipinski definition) is 2. The number of benzene rings is 1. The molecule has 2 N–H and O–H groups in total. The van der Waals surface area contributed by atoms with Crippen molar-refractivity contribution in [3.63, 3.8) is 0 Å². The van der Waals surface area contributed by atoms with Crippen molar-refractivity contribution in [2.24, 2.45) is 5.92 Å². The van der Waals surface area contributed by atoms with E-state index >= 15 is 0 Å². The van der Waals surface area contributed by atoms with Crippen LogP contribution in [0.1, 0.15) is 43.0 Å². The number of rotatable bonds is 4. The second-order valence-corrected chi connectivity index (χ2v) is 7.40. The zero-order valence-corrected chi connectivity index (χ0v) is 15.4. The van der Waals surface area contributed by atoms with E-state index in [1.807, 2.05) is 43.3 Å². The van der Waals surface area contributed by atoms with Crippen LogP contribution < -0.4 is 5.32 Å². The third-order valence-electron chi connectivity index (χ3n) is 5.59. The Morgan fingerprint density at radius 3 is 2.59 bits per heavy atom. The Balaban J connectivity index is 1.43. The smallest absolute Gasteiger partial charge is 0.251 e. The maximum atomic E-state index is 12.6. The highest BCUT2D eigenvalue weighted by Gasteiger charge is 2.25. The second-order valence-electron chi connectivity index (χ2n) is 7.40. The molecule has 0 spiro atoms. The van der Waals surface area contributed by atoms with Crippen molar-refractivity contribution >= 4 is 16.9 Å². The molecule has 1 unspecified atom stereocenters. The van der Waals surface area contributed by atoms with Crippen LogP contribution >= 0.6 is 0 Å². The van der Waals surface area contributed by atoms with Gasteiger partial charge in [-0.3, -0.25) is 9.78 Å². The highest BCUT2D eigenvalue weighted by Crippen LogP contribution is 2.28. The summed E-state index contributed by atoms with van der Waals surface area (Å²) in [5.74, 6) is 0.312. The summed E-state index contributed by atoms with van der Waals surface area (Å²) >= 11 is 0. The molecule has 0 radical (unpaired) electrons. The van der Waals surface area contributed by atoms with E-state index in [1.165, 1.54) is 0 Å². The standard InChI is InChI=1S/C22H24N2O3/c1-14(25)15-6-8-18(9-7-15)24-22(26)17-4-2-16(3-5-17)21-19-11-13-27-20(19)10-12-23-21/h2-5,10-15,18,25H,6-9H2,1H3,(H,24,26). The molecule has 3 aromatic rings. The zero-order chi connectivity index (χ0) is 18.8. The molecule has 27 heavy (non-hydrogen) atoms. The fourth-order valence-electron chi connectivity index (χ4n) is 3.92. The number of carbonyl (C=O) groups excluding carboxylic acids is 1. The van der Waals surface area contributed by atoms with Crippen molar-refractivity contribution in [2.45, 2.75) is 44.8 Å². The van der Waals surface area contributed by atoms with Gasteiger partial charge in [0.05, 0.1) is 18.1 Å². The monoisotopic (exact) mass is 364 g/mol. The van der Waals surface area contributed by atoms with Gasteiger partial charge in [0, 0.05) is 28.8 Å². The Kier molecular flexibility index (Phi) is 4.94. The van der Waals surface area contributed by atoms with Crippen LogP contribution in [0.4, 0.5) is 0 Å². The van der Waals surface area contributed by atoms with E-state index in [0.717, 1.165) is 47.9 Å². The Hall–Kier alpha value is -2.66. The minimum Gasteiger partial charge on any atom is -0.464 e. The minimum absolute atomic E-state index is 0.0449. The Bertz CT molecular complexity index is 922. The first-order valence-electron chi connectivity index (χ1n) is 9.53. The van der Waals surface area contributed by atoms with Crippen LogP contribution in [-0.2, 0) is 0 Å². The molecule has 1 atom stereocenters. The summed E-state index contributed by atoms with van der Waals surface area (Å²) in [6, 6.07) is 11.5. The van der Waals surface area contributed by atoms with Crippen LogP contribution in [0.25, 0.3) is 22.2 Å². The lowest BCUT2D eigenvalue weighted by Gasteiger charge is -2.30. The molecule has 1 amide bonds. The SMILES string of the molecule is CC(O)C1CCC(NC(=O)c2ccc(-c3nccc4occc34)cc2)CC1. The summed E-state index contributed by atoms with van der Waals surface area (Å²) in [7, 11) is 0. The lowest BCUT2D eigenvalue weighted by molar-refractivity contribution is 0.0832. The second kappa shape index (κ2) is 7.53. The predicted octanol–water partition coefficient (Wildman–Crippen LogP) is 4.16. The third-order valence-corrected chi connectivity index (χ3v) is 5.59. The first-order valence-corrected chi connectivity index (χ1v) is 9.53. The van der Waals surface area contributed by atoms with Gasteiger partial charge < -0.3 is 14.8 Å². The lowest BCUT2D eigenvalue weighted by Crippen LogP contribution is -2.39. The molecular formula is C22H24N2O3. The first kappa shape index (κ1) is 17.7. The molecule has 2 heterocycles. The molecule has 5 heteroatoms. The zero-order valence-electron chi connectivity index (χ0n) is 15.4. The van der Waals surface area contributed by atoms with Crippen LogP contribution in [0, 0.1) is 5.92 Å². The normalized spacial score (nSPS) is 21.1. The number of aliphatic hydroxyl groups excluding tert-OH is 1. The number of hydrogen-bond acceptors (Lipinski definition) is 4. The van der Waals surface area contributed by atoms with Crippen molar-refractivity contribution in [3.05, 3.63) is 54.4 Å². The maximum absolute atomic E-state index is 12.6. The molecular weight excluding hydrogens is 340 g/mol. The minimum atomic E-state index is -0.262. The Labute approximate surface area is 158 Å². The number of carbonyl (C=O) groups is 1. The van der Waals surface area contributed by atoms with Crippen molar-refractivity contribution in [1.82, 2.24) is 10.3 Å². The van der Waals surface area contributed by atoms with E-state index in [9.17, 15) is 9.90 Å². The van der Waals surface area contributed by atoms with E-state index in [4.69, 9.17) is 4.42 Å². The van der Waals surface area contributed by atoms with Gasteiger partial charge in [-0.2, -0.15) is 0 Å². The summed E-state index contributed by atoms with van der Waals surface area (Å²) in [5, 5.41) is 13.8. The van der Waals surface area contributed by atoms with Gasteiger partial charge >= 0.3 is 0 Å². The molecule has 0 bridgehead atoms. The summed E-state index contributed by atoms with van der Waals surface area (Å²) in [6.07, 6.45) is 6.89. The van der Waals surface area contributed by atoms with Gasteiger partial charge in [-0.1, -0.05) is 12.1 Å². The average Bonchev–Trinajstić information content (AvgIpc) is 3.17. The largest absolute Gasteiger partial charge is 0.464 e. The van der Waals surface area contributed by atoms with E-state index < -0.39 is 0 Å². The Morgan fingerprint density at radius 1 is 1.15 bits per heavy atom. The molecule has 1 aromatic carbocycles. The molecule has 140 valence electrons. The molecule has 1 saturated carbocycles. The topological polar surface area (TPSA) is 75.4 Å². The summed E-state index contributed by atoms with van der Waals surface area (Å²) < 4.78 is 5.43. The lowest BCUT2D eigenvalue weighted by atomic mass is 9.83. The van der Waals surface area contributed by atoms with Gasteiger partial charge in [0.1, 0.15) is 5.58 Å². The van der Waals surface area contributed by atoms with E-state index in [0.29, 0.717) is 11.5 Å². The number of nitrogens with one attached hydrogen (secondary N) is 1. The summed E-state index contributed by atoms with van der Waals surface area (Å²) in [6.45, 7) is 1.85. The van der Waals surface area contributed by atoms with Gasteiger partial charge in [0.25, 0.3) is 5.91 Å². The quantitative estimate of drug-likeness (QED) is 0.729. The third kappa shape index (κ3) is 3.74. The number of nitrogens with zero attached hydrogens (tertiary/aromatic N) is 1. The highest BCUT2D eigenvalue weighted by atomic mass is 16.3. The maximum Gasteiger partial charge on any atom is 0.251 e. The molecule has 1 aliphatic rings. The highest BCUT2D eigenvalue weighted by molar-refractivity contribution is 5.96. The van der Waals surface area contributed by atoms with Crippen molar-refractivity contribution in [2.75, 3.05) is 0 Å². The number of furan rings is 1. The molecule has 0 aliphatic heterocycles. The van der Waals surface area contributed by atoms with Gasteiger partial charge in [-0.25, -0.2) is 0 Å². The molecule has 0 saturated heterocycles. The number of pyridine rings is 1. The van der Waals surface area contributed by atoms with E-state index in [-0.39, 0.29) is 18.1 Å². The first-order chi connectivity index (χ1) is 13.1. The molecule has 1 aliphatic carbocycles. The molecule has 5 nitrogen and oxygen atoms in total. The van der Waals surface area contributed by atoms with Crippen molar-refractivity contribution in [1.29, 1.82) is 0 Å². The molecule has 2 aromatic heterocycles. The molecule has 1 fully saturated rings. The molecule has 4 rings (SSSR count). The number of aliphatic hydroxyl groups is 1. The van der Waals surface area contributed by atoms with Crippen LogP contribution in [0.3, 0.4) is 0 Å². The van der Waals surface area contributed by atoms with Gasteiger partial charge in [-0.15, -0.1) is 0 Å². The average molecular weight is 364 g/mol. The van der Waals surface area contributed by atoms with E-state index in [1.54, 1.807) is 12.5 Å². The summed E-state index contributed by atoms with van der Waals surface area (Å²) in [4.78, 5) is 17.0. The van der Waals surface area contributed by atoms with Crippen LogP contribution in [-0.4, -0.2) is 28.1 Å². The fourth-order valence-corrected chi connectivity index (χ4v) is 3.92. The van der Waals surface area contributed by atoms with Crippen LogP contribution in [0.2, 0.25) is 0 Å². The number of aromatic nitrogens is 1. The van der Waals surface area contributed by atoms with E-state index in [2.05, 4.69) is 10.3 Å². The van der Waals surface area contributed by atoms with Crippen molar-refractivity contribution in [3.8, 4) is 11.3 Å². The van der Waals surface area contributed by atoms with Gasteiger partial charge in [-0.05, 0) is 62.8 Å². The van der Waals surface area contributed by atoms with Crippen molar-refractivity contribution < 1.29 is 14.3 Å². The van der Waals surface area contributed by atoms with Gasteiger partial charge in [0.15, 0.2) is 0 Å². The fraction of sp³-hybridized carbons (Fsp3) is 0.364.